The summed E-state index contributed by atoms with van der Waals surface area (Å²) in [6, 6.07) is 26.9. The average Bonchev–Trinajstić information content (AvgIpc) is 3.60. The molecule has 0 atom stereocenters. The molecule has 0 amide bonds. The van der Waals surface area contributed by atoms with Gasteiger partial charge in [0.2, 0.25) is 5.88 Å². The summed E-state index contributed by atoms with van der Waals surface area (Å²) in [4.78, 5) is 21.5. The average molecular weight is 646 g/mol. The van der Waals surface area contributed by atoms with Gasteiger partial charge in [-0.1, -0.05) is 55.7 Å². The molecule has 0 spiro atoms. The highest BCUT2D eigenvalue weighted by Crippen LogP contribution is 2.39. The number of carboxylic acids is 1. The van der Waals surface area contributed by atoms with E-state index in [0.717, 1.165) is 60.7 Å². The van der Waals surface area contributed by atoms with Crippen LogP contribution in [0.25, 0.3) is 32.2 Å². The summed E-state index contributed by atoms with van der Waals surface area (Å²) < 4.78 is 15.0. The third-order valence-electron chi connectivity index (χ3n) is 9.44. The number of hydrogen-bond acceptors (Lipinski definition) is 6. The molecule has 7 rings (SSSR count). The van der Waals surface area contributed by atoms with Gasteiger partial charge in [0.1, 0.15) is 17.4 Å². The number of aromatic nitrogens is 3. The van der Waals surface area contributed by atoms with Crippen LogP contribution in [-0.2, 0) is 30.8 Å². The quantitative estimate of drug-likeness (QED) is 0.143. The summed E-state index contributed by atoms with van der Waals surface area (Å²) in [6.45, 7) is 4.70. The minimum Gasteiger partial charge on any atom is -0.486 e. The Morgan fingerprint density at radius 2 is 1.81 bits per heavy atom. The number of nitrogens with zero attached hydrogens (tertiary/aromatic N) is 3. The van der Waals surface area contributed by atoms with Crippen molar-refractivity contribution < 1.29 is 19.4 Å². The smallest absolute Gasteiger partial charge is 0.309 e. The van der Waals surface area contributed by atoms with Gasteiger partial charge in [-0.15, -0.1) is 11.3 Å². The van der Waals surface area contributed by atoms with Gasteiger partial charge in [0.15, 0.2) is 0 Å². The first-order valence-electron chi connectivity index (χ1n) is 16.2. The molecule has 240 valence electrons. The lowest BCUT2D eigenvalue weighted by Crippen LogP contribution is -2.28. The second-order valence-corrected chi connectivity index (χ2v) is 14.3. The number of pyridine rings is 1. The Kier molecular flexibility index (Phi) is 8.45. The number of carbonyl (C=O) groups is 1. The van der Waals surface area contributed by atoms with Crippen LogP contribution in [0.2, 0.25) is 0 Å². The molecule has 0 radical (unpaired) electrons. The zero-order chi connectivity index (χ0) is 32.5. The molecule has 0 saturated heterocycles. The number of para-hydroxylation sites is 1. The SMILES string of the molecule is COc1ccc(-c2ccc(Cn3c(CC(C)(C)C(=O)O)c(CC4CCC4)c4cc(OCc5nc6ccccc6s5)ccc43)cc2)cn1. The molecule has 1 saturated carbocycles. The molecule has 8 heteroatoms. The molecule has 0 unspecified atom stereocenters. The molecule has 6 aromatic rings. The predicted molar refractivity (Wildman–Crippen MR) is 187 cm³/mol. The fourth-order valence-electron chi connectivity index (χ4n) is 6.42. The van der Waals surface area contributed by atoms with Crippen molar-refractivity contribution in [1.29, 1.82) is 0 Å². The topological polar surface area (TPSA) is 86.5 Å². The van der Waals surface area contributed by atoms with E-state index in [0.29, 0.717) is 31.4 Å². The van der Waals surface area contributed by atoms with Crippen LogP contribution in [0.1, 0.15) is 54.9 Å². The molecular weight excluding hydrogens is 607 g/mol. The highest BCUT2D eigenvalue weighted by Gasteiger charge is 2.32. The standard InChI is InChI=1S/C39H39N3O4S/c1-39(2,38(43)44)21-34-30(19-25-7-6-8-25)31-20-29(46-24-37-41-32-9-4-5-10-35(32)47-37)16-17-33(31)42(34)23-26-11-13-27(14-12-26)28-15-18-36(45-3)40-22-28/h4-5,9-18,20,22,25H,6-8,19,21,23-24H2,1-3H3,(H,43,44). The van der Waals surface area contributed by atoms with Crippen molar-refractivity contribution >= 4 is 38.4 Å². The minimum absolute atomic E-state index is 0.401. The van der Waals surface area contributed by atoms with Crippen molar-refractivity contribution in [2.45, 2.75) is 59.1 Å². The Morgan fingerprint density at radius 1 is 1.02 bits per heavy atom. The minimum atomic E-state index is -0.919. The highest BCUT2D eigenvalue weighted by atomic mass is 32.1. The van der Waals surface area contributed by atoms with E-state index in [1.807, 2.05) is 56.4 Å². The van der Waals surface area contributed by atoms with Crippen LogP contribution < -0.4 is 9.47 Å². The van der Waals surface area contributed by atoms with Crippen molar-refractivity contribution in [2.75, 3.05) is 7.11 Å². The van der Waals surface area contributed by atoms with Gasteiger partial charge in [-0.3, -0.25) is 4.79 Å². The number of hydrogen-bond donors (Lipinski definition) is 1. The first-order chi connectivity index (χ1) is 22.8. The summed E-state index contributed by atoms with van der Waals surface area (Å²) in [5.74, 6) is 1.21. The number of carboxylic acid groups (broad SMARTS) is 1. The lowest BCUT2D eigenvalue weighted by Gasteiger charge is -2.27. The Labute approximate surface area is 278 Å². The van der Waals surface area contributed by atoms with Crippen molar-refractivity contribution in [3.8, 4) is 22.8 Å². The summed E-state index contributed by atoms with van der Waals surface area (Å²) in [5, 5.41) is 12.3. The van der Waals surface area contributed by atoms with E-state index < -0.39 is 11.4 Å². The zero-order valence-corrected chi connectivity index (χ0v) is 27.8. The molecule has 3 aromatic carbocycles. The van der Waals surface area contributed by atoms with Gasteiger partial charge >= 0.3 is 5.97 Å². The van der Waals surface area contributed by atoms with Crippen molar-refractivity contribution in [1.82, 2.24) is 14.5 Å². The zero-order valence-electron chi connectivity index (χ0n) is 27.0. The van der Waals surface area contributed by atoms with E-state index in [1.54, 1.807) is 18.4 Å². The van der Waals surface area contributed by atoms with Crippen LogP contribution in [0.3, 0.4) is 0 Å². The van der Waals surface area contributed by atoms with E-state index in [9.17, 15) is 9.90 Å². The van der Waals surface area contributed by atoms with Gasteiger partial charge in [0.05, 0.1) is 22.7 Å². The number of thiazole rings is 1. The molecule has 1 N–H and O–H groups in total. The molecule has 47 heavy (non-hydrogen) atoms. The number of benzene rings is 3. The van der Waals surface area contributed by atoms with Gasteiger partial charge in [0.25, 0.3) is 0 Å². The van der Waals surface area contributed by atoms with Crippen LogP contribution in [0.15, 0.2) is 85.1 Å². The fraction of sp³-hybridized carbons (Fsp3) is 0.308. The Hall–Kier alpha value is -4.69. The maximum atomic E-state index is 12.4. The molecule has 0 bridgehead atoms. The second kappa shape index (κ2) is 12.8. The maximum Gasteiger partial charge on any atom is 0.309 e. The van der Waals surface area contributed by atoms with Crippen molar-refractivity contribution in [3.05, 3.63) is 107 Å². The molecule has 1 fully saturated rings. The molecular formula is C39H39N3O4S. The van der Waals surface area contributed by atoms with Crippen molar-refractivity contribution in [3.63, 3.8) is 0 Å². The van der Waals surface area contributed by atoms with Gasteiger partial charge < -0.3 is 19.1 Å². The maximum absolute atomic E-state index is 12.4. The summed E-state index contributed by atoms with van der Waals surface area (Å²) in [5.41, 5.74) is 6.78. The molecule has 7 nitrogen and oxygen atoms in total. The number of ether oxygens (including phenoxy) is 2. The summed E-state index contributed by atoms with van der Waals surface area (Å²) in [7, 11) is 1.61. The van der Waals surface area contributed by atoms with Crippen LogP contribution in [-0.4, -0.2) is 32.7 Å². The number of fused-ring (bicyclic) bond motifs is 2. The number of rotatable bonds is 12. The van der Waals surface area contributed by atoms with E-state index in [1.165, 1.54) is 24.8 Å². The molecule has 3 heterocycles. The van der Waals surface area contributed by atoms with E-state index >= 15 is 0 Å². The third kappa shape index (κ3) is 6.47. The van der Waals surface area contributed by atoms with Gasteiger partial charge in [-0.05, 0) is 79.3 Å². The normalized spacial score (nSPS) is 13.6. The Morgan fingerprint density at radius 3 is 2.49 bits per heavy atom. The predicted octanol–water partition coefficient (Wildman–Crippen LogP) is 8.94. The molecule has 3 aromatic heterocycles. The number of aliphatic carboxylic acids is 1. The fourth-order valence-corrected chi connectivity index (χ4v) is 7.30. The van der Waals surface area contributed by atoms with Crippen LogP contribution in [0.5, 0.6) is 11.6 Å². The largest absolute Gasteiger partial charge is 0.486 e. The Bertz CT molecular complexity index is 2010. The molecule has 0 aliphatic heterocycles. The van der Waals surface area contributed by atoms with Crippen LogP contribution >= 0.6 is 11.3 Å². The van der Waals surface area contributed by atoms with E-state index in [-0.39, 0.29) is 0 Å². The summed E-state index contributed by atoms with van der Waals surface area (Å²) in [6.07, 6.45) is 6.89. The van der Waals surface area contributed by atoms with Gasteiger partial charge in [-0.25, -0.2) is 9.97 Å². The first kappa shape index (κ1) is 30.9. The first-order valence-corrected chi connectivity index (χ1v) is 17.0. The molecule has 1 aliphatic rings. The lowest BCUT2D eigenvalue weighted by atomic mass is 9.79. The third-order valence-corrected chi connectivity index (χ3v) is 10.4. The second-order valence-electron chi connectivity index (χ2n) is 13.2. The molecule has 1 aliphatic carbocycles. The highest BCUT2D eigenvalue weighted by molar-refractivity contribution is 7.18. The van der Waals surface area contributed by atoms with Crippen molar-refractivity contribution in [2.24, 2.45) is 11.3 Å². The van der Waals surface area contributed by atoms with Crippen LogP contribution in [0.4, 0.5) is 0 Å². The Balaban J connectivity index is 1.25. The monoisotopic (exact) mass is 645 g/mol. The van der Waals surface area contributed by atoms with Gasteiger partial charge in [0, 0.05) is 47.4 Å². The van der Waals surface area contributed by atoms with Crippen LogP contribution in [0, 0.1) is 11.3 Å². The number of methoxy groups -OCH3 is 1. The van der Waals surface area contributed by atoms with Gasteiger partial charge in [-0.2, -0.15) is 0 Å². The lowest BCUT2D eigenvalue weighted by molar-refractivity contribution is -0.146. The van der Waals surface area contributed by atoms with E-state index in [4.69, 9.17) is 14.5 Å². The summed E-state index contributed by atoms with van der Waals surface area (Å²) >= 11 is 1.66. The van der Waals surface area contributed by atoms with E-state index in [2.05, 4.69) is 52.0 Å².